The number of nitrogens with zero attached hydrogens (tertiary/aromatic N) is 4. The van der Waals surface area contributed by atoms with E-state index in [4.69, 9.17) is 0 Å². The third-order valence-electron chi connectivity index (χ3n) is 4.96. The highest BCUT2D eigenvalue weighted by Gasteiger charge is 2.23. The molecule has 1 N–H and O–H groups in total. The fourth-order valence-corrected chi connectivity index (χ4v) is 3.80. The number of aromatic nitrogens is 3. The number of nitrogens with one attached hydrogen (secondary N) is 1. The minimum atomic E-state index is 0.0652. The predicted molar refractivity (Wildman–Crippen MR) is 107 cm³/mol. The summed E-state index contributed by atoms with van der Waals surface area (Å²) >= 11 is 0. The van der Waals surface area contributed by atoms with Crippen molar-refractivity contribution >= 4 is 0 Å². The maximum Gasteiger partial charge on any atom is 0.113 e. The van der Waals surface area contributed by atoms with E-state index in [1.54, 1.807) is 0 Å². The summed E-state index contributed by atoms with van der Waals surface area (Å²) in [6, 6.07) is 12.7. The van der Waals surface area contributed by atoms with Crippen LogP contribution in [0, 0.1) is 27.7 Å². The Labute approximate surface area is 160 Å². The van der Waals surface area contributed by atoms with Crippen LogP contribution >= 0.6 is 0 Å². The van der Waals surface area contributed by atoms with E-state index >= 15 is 0 Å². The Hall–Kier alpha value is -2.82. The lowest BCUT2D eigenvalue weighted by molar-refractivity contribution is 0.441. The topological polar surface area (TPSA) is 66.3 Å². The Bertz CT molecular complexity index is 961. The third-order valence-corrected chi connectivity index (χ3v) is 4.96. The molecular weight excluding hydrogens is 334 g/mol. The van der Waals surface area contributed by atoms with Gasteiger partial charge >= 0.3 is 0 Å². The van der Waals surface area contributed by atoms with E-state index in [0.29, 0.717) is 0 Å². The van der Waals surface area contributed by atoms with E-state index in [1.165, 1.54) is 11.1 Å². The molecule has 0 amide bonds. The molecule has 4 rings (SSSR count). The van der Waals surface area contributed by atoms with Crippen molar-refractivity contribution in [3.05, 3.63) is 70.3 Å². The van der Waals surface area contributed by atoms with Gasteiger partial charge in [-0.15, -0.1) is 0 Å². The molecular formula is C22H25N5. The van der Waals surface area contributed by atoms with Gasteiger partial charge in [0.2, 0.25) is 0 Å². The van der Waals surface area contributed by atoms with E-state index in [0.717, 1.165) is 47.0 Å². The lowest BCUT2D eigenvalue weighted by Gasteiger charge is -2.20. The van der Waals surface area contributed by atoms with Crippen molar-refractivity contribution in [2.24, 2.45) is 10.2 Å². The first-order valence-electron chi connectivity index (χ1n) is 9.47. The van der Waals surface area contributed by atoms with Crippen LogP contribution in [0.3, 0.4) is 0 Å². The molecule has 0 aromatic carbocycles. The summed E-state index contributed by atoms with van der Waals surface area (Å²) in [5, 5.41) is 9.17. The maximum atomic E-state index is 4.65. The van der Waals surface area contributed by atoms with Gasteiger partial charge in [0.1, 0.15) is 12.1 Å². The summed E-state index contributed by atoms with van der Waals surface area (Å²) in [4.78, 5) is 12.8. The van der Waals surface area contributed by atoms with Crippen LogP contribution in [0.2, 0.25) is 0 Å². The smallest absolute Gasteiger partial charge is 0.113 e. The molecule has 0 radical (unpaired) electrons. The summed E-state index contributed by atoms with van der Waals surface area (Å²) < 4.78 is 0. The standard InChI is InChI=1S/C22H25N5/c1-13-9-15(3)23-21(11-13)18-6-5-17(25-18)19-7-8-20(27-26-19)22-12-14(2)10-16(4)24-22/h5-6,9-12,19-20,25H,7-8H2,1-4H3. The van der Waals surface area contributed by atoms with Crippen LogP contribution in [0.25, 0.3) is 11.4 Å². The molecule has 0 aliphatic carbocycles. The zero-order valence-electron chi connectivity index (χ0n) is 16.3. The number of azo groups is 1. The highest BCUT2D eigenvalue weighted by Crippen LogP contribution is 2.36. The molecule has 2 unspecified atom stereocenters. The Morgan fingerprint density at radius 2 is 1.44 bits per heavy atom. The van der Waals surface area contributed by atoms with Crippen molar-refractivity contribution in [3.63, 3.8) is 0 Å². The summed E-state index contributed by atoms with van der Waals surface area (Å²) in [6.45, 7) is 8.25. The second-order valence-electron chi connectivity index (χ2n) is 7.55. The number of rotatable bonds is 3. The molecule has 0 fully saturated rings. The Morgan fingerprint density at radius 3 is 2.11 bits per heavy atom. The summed E-state index contributed by atoms with van der Waals surface area (Å²) in [5.41, 5.74) is 8.65. The first-order valence-corrected chi connectivity index (χ1v) is 9.47. The molecule has 3 aromatic rings. The van der Waals surface area contributed by atoms with E-state index < -0.39 is 0 Å². The van der Waals surface area contributed by atoms with Crippen molar-refractivity contribution in [1.82, 2.24) is 15.0 Å². The average molecular weight is 359 g/mol. The lowest BCUT2D eigenvalue weighted by atomic mass is 10.00. The number of hydrogen-bond acceptors (Lipinski definition) is 4. The van der Waals surface area contributed by atoms with Crippen LogP contribution < -0.4 is 0 Å². The Morgan fingerprint density at radius 1 is 0.778 bits per heavy atom. The first-order chi connectivity index (χ1) is 13.0. The molecule has 0 saturated carbocycles. The summed E-state index contributed by atoms with van der Waals surface area (Å²) in [5.74, 6) is 0. The van der Waals surface area contributed by atoms with Crippen LogP contribution in [0.4, 0.5) is 0 Å². The molecule has 0 bridgehead atoms. The van der Waals surface area contributed by atoms with Gasteiger partial charge in [-0.2, -0.15) is 10.2 Å². The van der Waals surface area contributed by atoms with Crippen molar-refractivity contribution < 1.29 is 0 Å². The largest absolute Gasteiger partial charge is 0.355 e. The van der Waals surface area contributed by atoms with Gasteiger partial charge in [0.25, 0.3) is 0 Å². The number of pyridine rings is 2. The van der Waals surface area contributed by atoms with Crippen LogP contribution in [0.1, 0.15) is 58.8 Å². The molecule has 2 atom stereocenters. The van der Waals surface area contributed by atoms with Gasteiger partial charge in [-0.05, 0) is 88.1 Å². The van der Waals surface area contributed by atoms with E-state index in [1.807, 2.05) is 13.8 Å². The van der Waals surface area contributed by atoms with Gasteiger partial charge in [0.05, 0.1) is 17.1 Å². The number of H-pyrrole nitrogens is 1. The molecule has 138 valence electrons. The van der Waals surface area contributed by atoms with E-state index in [-0.39, 0.29) is 12.1 Å². The van der Waals surface area contributed by atoms with Crippen molar-refractivity contribution in [2.75, 3.05) is 0 Å². The third kappa shape index (κ3) is 3.82. The highest BCUT2D eigenvalue weighted by molar-refractivity contribution is 5.56. The molecule has 4 heterocycles. The number of aryl methyl sites for hydroxylation is 4. The van der Waals surface area contributed by atoms with E-state index in [2.05, 4.69) is 75.4 Å². The molecule has 1 aliphatic rings. The van der Waals surface area contributed by atoms with Gasteiger partial charge in [-0.1, -0.05) is 0 Å². The minimum absolute atomic E-state index is 0.0652. The lowest BCUT2D eigenvalue weighted by Crippen LogP contribution is -2.08. The van der Waals surface area contributed by atoms with Crippen molar-refractivity contribution in [2.45, 2.75) is 52.6 Å². The van der Waals surface area contributed by atoms with Gasteiger partial charge in [0, 0.05) is 17.1 Å². The number of aromatic amines is 1. The zero-order chi connectivity index (χ0) is 19.0. The van der Waals surface area contributed by atoms with Crippen molar-refractivity contribution in [3.8, 4) is 11.4 Å². The fourth-order valence-electron chi connectivity index (χ4n) is 3.80. The van der Waals surface area contributed by atoms with Crippen LogP contribution in [0.5, 0.6) is 0 Å². The monoisotopic (exact) mass is 359 g/mol. The second kappa shape index (κ2) is 7.06. The van der Waals surface area contributed by atoms with Gasteiger partial charge in [-0.3, -0.25) is 9.97 Å². The molecule has 5 nitrogen and oxygen atoms in total. The van der Waals surface area contributed by atoms with Crippen LogP contribution in [0.15, 0.2) is 46.6 Å². The summed E-state index contributed by atoms with van der Waals surface area (Å²) in [6.07, 6.45) is 1.92. The SMILES string of the molecule is Cc1cc(C)nc(-c2ccc(C3CCC(c4cc(C)cc(C)n4)N=N3)[nH]2)c1. The maximum absolute atomic E-state index is 4.65. The summed E-state index contributed by atoms with van der Waals surface area (Å²) in [7, 11) is 0. The normalized spacial score (nSPS) is 19.4. The minimum Gasteiger partial charge on any atom is -0.355 e. The molecule has 0 spiro atoms. The van der Waals surface area contributed by atoms with Crippen LogP contribution in [-0.4, -0.2) is 15.0 Å². The second-order valence-corrected chi connectivity index (χ2v) is 7.55. The average Bonchev–Trinajstić information content (AvgIpc) is 3.10. The fraction of sp³-hybridized carbons (Fsp3) is 0.364. The van der Waals surface area contributed by atoms with Gasteiger partial charge in [-0.25, -0.2) is 0 Å². The van der Waals surface area contributed by atoms with Crippen LogP contribution in [-0.2, 0) is 0 Å². The first kappa shape index (κ1) is 17.6. The number of hydrogen-bond donors (Lipinski definition) is 1. The van der Waals surface area contributed by atoms with Crippen molar-refractivity contribution in [1.29, 1.82) is 0 Å². The Balaban J connectivity index is 1.53. The molecule has 27 heavy (non-hydrogen) atoms. The quantitative estimate of drug-likeness (QED) is 0.648. The van der Waals surface area contributed by atoms with E-state index in [9.17, 15) is 0 Å². The van der Waals surface area contributed by atoms with Gasteiger partial charge in [0.15, 0.2) is 0 Å². The highest BCUT2D eigenvalue weighted by atomic mass is 15.2. The molecule has 5 heteroatoms. The zero-order valence-corrected chi connectivity index (χ0v) is 16.3. The Kier molecular flexibility index (Phi) is 4.60. The predicted octanol–water partition coefficient (Wildman–Crippen LogP) is 5.73. The molecule has 0 saturated heterocycles. The molecule has 1 aliphatic heterocycles. The van der Waals surface area contributed by atoms with Gasteiger partial charge < -0.3 is 4.98 Å². The molecule has 3 aromatic heterocycles.